The van der Waals surface area contributed by atoms with Crippen molar-refractivity contribution in [3.63, 3.8) is 0 Å². The van der Waals surface area contributed by atoms with E-state index in [1.165, 1.54) is 25.6 Å². The van der Waals surface area contributed by atoms with E-state index in [-0.39, 0.29) is 18.0 Å². The van der Waals surface area contributed by atoms with Gasteiger partial charge >= 0.3 is 6.03 Å². The molecule has 1 saturated carbocycles. The SMILES string of the molecule is O=C(NC1CCN(C(=O)NC2CCCCC2)CC1)c1ccc(CSc2ncn[nH]2)cc1. The van der Waals surface area contributed by atoms with Crippen LogP contribution in [0.2, 0.25) is 0 Å². The van der Waals surface area contributed by atoms with Gasteiger partial charge in [0.1, 0.15) is 6.33 Å². The van der Waals surface area contributed by atoms with Crippen LogP contribution in [-0.2, 0) is 5.75 Å². The summed E-state index contributed by atoms with van der Waals surface area (Å²) >= 11 is 1.57. The number of hydrogen-bond donors (Lipinski definition) is 3. The number of H-pyrrole nitrogens is 1. The van der Waals surface area contributed by atoms with Crippen LogP contribution in [-0.4, -0.2) is 57.2 Å². The average molecular weight is 443 g/mol. The Morgan fingerprint density at radius 2 is 1.71 bits per heavy atom. The molecule has 0 radical (unpaired) electrons. The lowest BCUT2D eigenvalue weighted by atomic mass is 9.95. The van der Waals surface area contributed by atoms with Crippen LogP contribution < -0.4 is 10.6 Å². The first kappa shape index (κ1) is 21.7. The molecule has 1 aromatic heterocycles. The third-order valence-corrected chi connectivity index (χ3v) is 6.98. The Morgan fingerprint density at radius 3 is 2.39 bits per heavy atom. The van der Waals surface area contributed by atoms with Gasteiger partial charge in [-0.1, -0.05) is 43.2 Å². The molecule has 3 amide bonds. The lowest BCUT2D eigenvalue weighted by Gasteiger charge is -2.34. The number of nitrogens with zero attached hydrogens (tertiary/aromatic N) is 3. The second kappa shape index (κ2) is 10.7. The summed E-state index contributed by atoms with van der Waals surface area (Å²) in [5.41, 5.74) is 1.78. The first-order valence-corrected chi connectivity index (χ1v) is 12.1. The van der Waals surface area contributed by atoms with Crippen molar-refractivity contribution in [2.75, 3.05) is 13.1 Å². The van der Waals surface area contributed by atoms with E-state index >= 15 is 0 Å². The first-order chi connectivity index (χ1) is 15.2. The Kier molecular flexibility index (Phi) is 7.45. The van der Waals surface area contributed by atoms with Crippen LogP contribution in [0.1, 0.15) is 60.9 Å². The van der Waals surface area contributed by atoms with Gasteiger partial charge in [0.05, 0.1) is 0 Å². The molecule has 2 aromatic rings. The van der Waals surface area contributed by atoms with Crippen LogP contribution >= 0.6 is 11.8 Å². The molecule has 2 fully saturated rings. The number of carbonyl (C=O) groups is 2. The van der Waals surface area contributed by atoms with Crippen molar-refractivity contribution in [1.29, 1.82) is 0 Å². The molecule has 1 saturated heterocycles. The van der Waals surface area contributed by atoms with Gasteiger partial charge in [0, 0.05) is 36.5 Å². The number of piperidine rings is 1. The van der Waals surface area contributed by atoms with Crippen molar-refractivity contribution in [2.45, 2.75) is 67.9 Å². The van der Waals surface area contributed by atoms with Crippen LogP contribution in [0.4, 0.5) is 4.79 Å². The minimum Gasteiger partial charge on any atom is -0.349 e. The zero-order chi connectivity index (χ0) is 21.5. The van der Waals surface area contributed by atoms with E-state index in [2.05, 4.69) is 25.8 Å². The van der Waals surface area contributed by atoms with Crippen molar-refractivity contribution in [1.82, 2.24) is 30.7 Å². The molecule has 0 atom stereocenters. The van der Waals surface area contributed by atoms with E-state index in [9.17, 15) is 9.59 Å². The van der Waals surface area contributed by atoms with Gasteiger partial charge in [-0.3, -0.25) is 9.89 Å². The highest BCUT2D eigenvalue weighted by molar-refractivity contribution is 7.98. The number of aromatic amines is 1. The van der Waals surface area contributed by atoms with Crippen LogP contribution in [0, 0.1) is 0 Å². The monoisotopic (exact) mass is 442 g/mol. The second-order valence-electron chi connectivity index (χ2n) is 8.30. The van der Waals surface area contributed by atoms with E-state index in [1.807, 2.05) is 29.2 Å². The summed E-state index contributed by atoms with van der Waals surface area (Å²) in [7, 11) is 0. The Hall–Kier alpha value is -2.55. The van der Waals surface area contributed by atoms with Crippen molar-refractivity contribution < 1.29 is 9.59 Å². The lowest BCUT2D eigenvalue weighted by Crippen LogP contribution is -2.51. The standard InChI is InChI=1S/C22H30N6O2S/c29-20(17-8-6-16(7-9-17)14-31-21-23-15-24-27-21)25-19-10-12-28(13-11-19)22(30)26-18-4-2-1-3-5-18/h6-9,15,18-19H,1-5,10-14H2,(H,25,29)(H,26,30)(H,23,24,27). The molecule has 8 nitrogen and oxygen atoms in total. The molecule has 0 spiro atoms. The second-order valence-corrected chi connectivity index (χ2v) is 9.26. The highest BCUT2D eigenvalue weighted by Crippen LogP contribution is 2.20. The van der Waals surface area contributed by atoms with Crippen molar-refractivity contribution >= 4 is 23.7 Å². The van der Waals surface area contributed by atoms with Crippen LogP contribution in [0.25, 0.3) is 0 Å². The summed E-state index contributed by atoms with van der Waals surface area (Å²) in [6, 6.07) is 8.14. The number of carbonyl (C=O) groups excluding carboxylic acids is 2. The van der Waals surface area contributed by atoms with Gasteiger partial charge in [-0.25, -0.2) is 9.78 Å². The van der Waals surface area contributed by atoms with Crippen molar-refractivity contribution in [3.8, 4) is 0 Å². The van der Waals surface area contributed by atoms with Gasteiger partial charge in [0.2, 0.25) is 0 Å². The van der Waals surface area contributed by atoms with E-state index < -0.39 is 0 Å². The third kappa shape index (κ3) is 6.22. The Balaban J connectivity index is 1.19. The number of amides is 3. The topological polar surface area (TPSA) is 103 Å². The van der Waals surface area contributed by atoms with Gasteiger partial charge in [-0.2, -0.15) is 5.10 Å². The largest absolute Gasteiger partial charge is 0.349 e. The summed E-state index contributed by atoms with van der Waals surface area (Å²) in [5, 5.41) is 13.7. The molecule has 1 aliphatic carbocycles. The molecule has 1 aliphatic heterocycles. The zero-order valence-electron chi connectivity index (χ0n) is 17.7. The predicted molar refractivity (Wildman–Crippen MR) is 120 cm³/mol. The Morgan fingerprint density at radius 1 is 1.00 bits per heavy atom. The lowest BCUT2D eigenvalue weighted by molar-refractivity contribution is 0.0917. The molecule has 166 valence electrons. The minimum absolute atomic E-state index is 0.0514. The molecular formula is C22H30N6O2S. The minimum atomic E-state index is -0.0560. The smallest absolute Gasteiger partial charge is 0.317 e. The zero-order valence-corrected chi connectivity index (χ0v) is 18.5. The van der Waals surface area contributed by atoms with Gasteiger partial charge in [-0.05, 0) is 43.4 Å². The van der Waals surface area contributed by atoms with Gasteiger partial charge < -0.3 is 15.5 Å². The fourth-order valence-electron chi connectivity index (χ4n) is 4.18. The first-order valence-electron chi connectivity index (χ1n) is 11.1. The summed E-state index contributed by atoms with van der Waals surface area (Å²) in [5.74, 6) is 0.706. The molecule has 31 heavy (non-hydrogen) atoms. The number of nitrogens with one attached hydrogen (secondary N) is 3. The quantitative estimate of drug-likeness (QED) is 0.596. The molecular weight excluding hydrogens is 412 g/mol. The van der Waals surface area contributed by atoms with Crippen LogP contribution in [0.3, 0.4) is 0 Å². The van der Waals surface area contributed by atoms with E-state index in [1.54, 1.807) is 11.8 Å². The number of likely N-dealkylation sites (tertiary alicyclic amines) is 1. The van der Waals surface area contributed by atoms with Crippen molar-refractivity contribution in [2.24, 2.45) is 0 Å². The maximum Gasteiger partial charge on any atom is 0.317 e. The summed E-state index contributed by atoms with van der Waals surface area (Å²) in [4.78, 5) is 31.1. The molecule has 2 heterocycles. The van der Waals surface area contributed by atoms with Crippen LogP contribution in [0.5, 0.6) is 0 Å². The number of thioether (sulfide) groups is 1. The van der Waals surface area contributed by atoms with Gasteiger partial charge in [0.15, 0.2) is 5.16 Å². The highest BCUT2D eigenvalue weighted by atomic mass is 32.2. The van der Waals surface area contributed by atoms with Crippen LogP contribution in [0.15, 0.2) is 35.7 Å². The van der Waals surface area contributed by atoms with Gasteiger partial charge in [0.25, 0.3) is 5.91 Å². The number of urea groups is 1. The maximum absolute atomic E-state index is 12.6. The Labute approximate surface area is 187 Å². The summed E-state index contributed by atoms with van der Waals surface area (Å²) in [6.07, 6.45) is 8.95. The summed E-state index contributed by atoms with van der Waals surface area (Å²) < 4.78 is 0. The van der Waals surface area contributed by atoms with E-state index in [0.29, 0.717) is 24.7 Å². The number of aromatic nitrogens is 3. The number of benzene rings is 1. The highest BCUT2D eigenvalue weighted by Gasteiger charge is 2.26. The molecule has 1 aromatic carbocycles. The van der Waals surface area contributed by atoms with E-state index in [0.717, 1.165) is 42.2 Å². The summed E-state index contributed by atoms with van der Waals surface area (Å²) in [6.45, 7) is 1.36. The fraction of sp³-hybridized carbons (Fsp3) is 0.545. The number of rotatable bonds is 6. The maximum atomic E-state index is 12.6. The fourth-order valence-corrected chi connectivity index (χ4v) is 4.91. The normalized spacial score (nSPS) is 18.0. The molecule has 4 rings (SSSR count). The van der Waals surface area contributed by atoms with E-state index in [4.69, 9.17) is 0 Å². The third-order valence-electron chi connectivity index (χ3n) is 6.03. The van der Waals surface area contributed by atoms with Crippen molar-refractivity contribution in [3.05, 3.63) is 41.7 Å². The average Bonchev–Trinajstić information content (AvgIpc) is 3.33. The molecule has 2 aliphatic rings. The molecule has 9 heteroatoms. The van der Waals surface area contributed by atoms with Gasteiger partial charge in [-0.15, -0.1) is 0 Å². The number of hydrogen-bond acceptors (Lipinski definition) is 5. The Bertz CT molecular complexity index is 843. The molecule has 0 unspecified atom stereocenters. The predicted octanol–water partition coefficient (Wildman–Crippen LogP) is 3.33. The molecule has 3 N–H and O–H groups in total. The molecule has 0 bridgehead atoms.